The molecule has 0 aliphatic heterocycles. The topological polar surface area (TPSA) is 46.5 Å². The van der Waals surface area contributed by atoms with E-state index in [-0.39, 0.29) is 5.56 Å². The molecule has 1 N–H and O–H groups in total. The van der Waals surface area contributed by atoms with Crippen LogP contribution >= 0.6 is 15.9 Å². The second kappa shape index (κ2) is 4.87. The largest absolute Gasteiger partial charge is 0.493 e. The summed E-state index contributed by atoms with van der Waals surface area (Å²) in [5.74, 6) is 0.275. The summed E-state index contributed by atoms with van der Waals surface area (Å²) in [5.41, 5.74) is 0.207. The van der Waals surface area contributed by atoms with Crippen molar-refractivity contribution in [2.45, 2.75) is 19.3 Å². The molecule has 0 bridgehead atoms. The van der Waals surface area contributed by atoms with Crippen LogP contribution in [0, 0.1) is 5.92 Å². The molecule has 4 heteroatoms. The lowest BCUT2D eigenvalue weighted by atomic mass is 10.2. The van der Waals surface area contributed by atoms with E-state index in [1.807, 2.05) is 0 Å². The summed E-state index contributed by atoms with van der Waals surface area (Å²) in [5, 5.41) is 9.06. The minimum absolute atomic E-state index is 0.207. The third-order valence-corrected chi connectivity index (χ3v) is 3.33. The molecule has 16 heavy (non-hydrogen) atoms. The Hall–Kier alpha value is -1.03. The number of benzene rings is 1. The highest BCUT2D eigenvalue weighted by atomic mass is 79.9. The standard InChI is InChI=1S/C12H13BrO3/c13-9-2-1-3-10(11(9)12(14)15)16-7-6-8-4-5-8/h1-3,8H,4-7H2,(H,14,15). The van der Waals surface area contributed by atoms with Crippen LogP contribution in [0.2, 0.25) is 0 Å². The highest BCUT2D eigenvalue weighted by molar-refractivity contribution is 9.10. The Morgan fingerprint density at radius 2 is 2.25 bits per heavy atom. The van der Waals surface area contributed by atoms with E-state index in [4.69, 9.17) is 9.84 Å². The van der Waals surface area contributed by atoms with Crippen molar-refractivity contribution in [1.29, 1.82) is 0 Å². The average molecular weight is 285 g/mol. The van der Waals surface area contributed by atoms with Gasteiger partial charge in [-0.05, 0) is 40.4 Å². The Kier molecular flexibility index (Phi) is 3.49. The van der Waals surface area contributed by atoms with Gasteiger partial charge in [-0.3, -0.25) is 0 Å². The summed E-state index contributed by atoms with van der Waals surface area (Å²) < 4.78 is 6.08. The number of carboxylic acid groups (broad SMARTS) is 1. The van der Waals surface area contributed by atoms with Crippen molar-refractivity contribution in [2.24, 2.45) is 5.92 Å². The maximum absolute atomic E-state index is 11.0. The number of hydrogen-bond acceptors (Lipinski definition) is 2. The zero-order chi connectivity index (χ0) is 11.5. The van der Waals surface area contributed by atoms with E-state index in [0.717, 1.165) is 12.3 Å². The van der Waals surface area contributed by atoms with Crippen LogP contribution in [0.15, 0.2) is 22.7 Å². The molecule has 1 aliphatic carbocycles. The second-order valence-electron chi connectivity index (χ2n) is 4.00. The number of carbonyl (C=O) groups is 1. The third-order valence-electron chi connectivity index (χ3n) is 2.67. The number of ether oxygens (including phenoxy) is 1. The van der Waals surface area contributed by atoms with Crippen LogP contribution in [-0.2, 0) is 0 Å². The van der Waals surface area contributed by atoms with E-state index in [9.17, 15) is 4.79 Å². The Morgan fingerprint density at radius 3 is 2.88 bits per heavy atom. The van der Waals surface area contributed by atoms with E-state index < -0.39 is 5.97 Å². The van der Waals surface area contributed by atoms with Crippen LogP contribution in [0.1, 0.15) is 29.6 Å². The van der Waals surface area contributed by atoms with Crippen molar-refractivity contribution in [3.05, 3.63) is 28.2 Å². The Morgan fingerprint density at radius 1 is 1.50 bits per heavy atom. The van der Waals surface area contributed by atoms with E-state index >= 15 is 0 Å². The smallest absolute Gasteiger partial charge is 0.340 e. The van der Waals surface area contributed by atoms with Gasteiger partial charge in [0.05, 0.1) is 6.61 Å². The predicted molar refractivity (Wildman–Crippen MR) is 63.9 cm³/mol. The second-order valence-corrected chi connectivity index (χ2v) is 4.85. The summed E-state index contributed by atoms with van der Waals surface area (Å²) in [6, 6.07) is 5.18. The highest BCUT2D eigenvalue weighted by Gasteiger charge is 2.21. The Labute approximate surface area is 103 Å². The Balaban J connectivity index is 2.05. The first-order chi connectivity index (χ1) is 7.68. The van der Waals surface area contributed by atoms with Crippen molar-refractivity contribution >= 4 is 21.9 Å². The fourth-order valence-corrected chi connectivity index (χ4v) is 2.09. The van der Waals surface area contributed by atoms with Crippen LogP contribution in [0.3, 0.4) is 0 Å². The Bertz CT molecular complexity index is 399. The van der Waals surface area contributed by atoms with E-state index in [0.29, 0.717) is 16.8 Å². The molecule has 1 fully saturated rings. The number of aromatic carboxylic acids is 1. The van der Waals surface area contributed by atoms with Crippen LogP contribution < -0.4 is 4.74 Å². The lowest BCUT2D eigenvalue weighted by Crippen LogP contribution is -2.05. The maximum atomic E-state index is 11.0. The van der Waals surface area contributed by atoms with Crippen molar-refractivity contribution in [3.8, 4) is 5.75 Å². The summed E-state index contributed by atoms with van der Waals surface area (Å²) in [6.07, 6.45) is 3.59. The molecule has 0 unspecified atom stereocenters. The normalized spacial score (nSPS) is 14.8. The lowest BCUT2D eigenvalue weighted by molar-refractivity contribution is 0.0691. The summed E-state index contributed by atoms with van der Waals surface area (Å²) in [7, 11) is 0. The third kappa shape index (κ3) is 2.76. The molecule has 0 saturated heterocycles. The first-order valence-corrected chi connectivity index (χ1v) is 6.12. The molecule has 1 aromatic rings. The fraction of sp³-hybridized carbons (Fsp3) is 0.417. The molecule has 1 aromatic carbocycles. The molecule has 86 valence electrons. The molecule has 0 atom stereocenters. The quantitative estimate of drug-likeness (QED) is 0.902. The van der Waals surface area contributed by atoms with Gasteiger partial charge >= 0.3 is 5.97 Å². The van der Waals surface area contributed by atoms with Crippen molar-refractivity contribution in [2.75, 3.05) is 6.61 Å². The monoisotopic (exact) mass is 284 g/mol. The molecule has 1 saturated carbocycles. The number of hydrogen-bond donors (Lipinski definition) is 1. The van der Waals surface area contributed by atoms with E-state index in [1.165, 1.54) is 12.8 Å². The van der Waals surface area contributed by atoms with Gasteiger partial charge in [-0.25, -0.2) is 4.79 Å². The molecule has 3 nitrogen and oxygen atoms in total. The summed E-state index contributed by atoms with van der Waals surface area (Å²) in [6.45, 7) is 0.599. The molecular weight excluding hydrogens is 272 g/mol. The molecule has 0 aromatic heterocycles. The molecule has 0 heterocycles. The van der Waals surface area contributed by atoms with Crippen LogP contribution in [0.5, 0.6) is 5.75 Å². The van der Waals surface area contributed by atoms with E-state index in [1.54, 1.807) is 18.2 Å². The number of rotatable bonds is 5. The minimum atomic E-state index is -0.964. The van der Waals surface area contributed by atoms with Gasteiger partial charge < -0.3 is 9.84 Å². The van der Waals surface area contributed by atoms with Gasteiger partial charge in [0.15, 0.2) is 0 Å². The van der Waals surface area contributed by atoms with Crippen LogP contribution in [0.4, 0.5) is 0 Å². The zero-order valence-corrected chi connectivity index (χ0v) is 10.4. The maximum Gasteiger partial charge on any atom is 0.340 e. The van der Waals surface area contributed by atoms with Gasteiger partial charge in [-0.1, -0.05) is 18.9 Å². The van der Waals surface area contributed by atoms with Crippen molar-refractivity contribution in [1.82, 2.24) is 0 Å². The van der Waals surface area contributed by atoms with Gasteiger partial charge in [0.1, 0.15) is 11.3 Å². The molecule has 0 amide bonds. The van der Waals surface area contributed by atoms with Gasteiger partial charge in [0.2, 0.25) is 0 Å². The highest BCUT2D eigenvalue weighted by Crippen LogP contribution is 2.33. The minimum Gasteiger partial charge on any atom is -0.493 e. The molecule has 2 rings (SSSR count). The summed E-state index contributed by atoms with van der Waals surface area (Å²) >= 11 is 3.22. The lowest BCUT2D eigenvalue weighted by Gasteiger charge is -2.09. The number of carboxylic acids is 1. The number of halogens is 1. The predicted octanol–water partition coefficient (Wildman–Crippen LogP) is 3.33. The fourth-order valence-electron chi connectivity index (χ4n) is 1.57. The average Bonchev–Trinajstić information content (AvgIpc) is 3.01. The molecule has 0 spiro atoms. The SMILES string of the molecule is O=C(O)c1c(Br)cccc1OCCC1CC1. The van der Waals surface area contributed by atoms with Crippen LogP contribution in [-0.4, -0.2) is 17.7 Å². The van der Waals surface area contributed by atoms with Crippen molar-refractivity contribution in [3.63, 3.8) is 0 Å². The molecular formula is C12H13BrO3. The van der Waals surface area contributed by atoms with Gasteiger partial charge in [0, 0.05) is 4.47 Å². The molecule has 0 radical (unpaired) electrons. The van der Waals surface area contributed by atoms with Gasteiger partial charge in [-0.15, -0.1) is 0 Å². The van der Waals surface area contributed by atoms with E-state index in [2.05, 4.69) is 15.9 Å². The zero-order valence-electron chi connectivity index (χ0n) is 8.78. The van der Waals surface area contributed by atoms with Crippen LogP contribution in [0.25, 0.3) is 0 Å². The van der Waals surface area contributed by atoms with Crippen molar-refractivity contribution < 1.29 is 14.6 Å². The first-order valence-electron chi connectivity index (χ1n) is 5.33. The first kappa shape index (κ1) is 11.5. The van der Waals surface area contributed by atoms with Gasteiger partial charge in [0.25, 0.3) is 0 Å². The van der Waals surface area contributed by atoms with Gasteiger partial charge in [-0.2, -0.15) is 0 Å². The summed E-state index contributed by atoms with van der Waals surface area (Å²) in [4.78, 5) is 11.0. The molecule has 1 aliphatic rings.